The van der Waals surface area contributed by atoms with E-state index in [1.54, 1.807) is 6.07 Å². The topological polar surface area (TPSA) is 51.8 Å². The normalized spacial score (nSPS) is 10.6. The van der Waals surface area contributed by atoms with Gasteiger partial charge in [0.15, 0.2) is 5.65 Å². The molecule has 0 fully saturated rings. The number of aryl methyl sites for hydroxylation is 2. The molecule has 2 heterocycles. The first kappa shape index (κ1) is 7.98. The number of aromatic nitrogens is 2. The zero-order valence-corrected chi connectivity index (χ0v) is 7.70. The minimum atomic E-state index is 0.519. The van der Waals surface area contributed by atoms with Crippen molar-refractivity contribution in [3.63, 3.8) is 0 Å². The Balaban J connectivity index is 2.86. The van der Waals surface area contributed by atoms with Crippen LogP contribution in [0.1, 0.15) is 11.3 Å². The fraction of sp³-hybridized carbons (Fsp3) is 0.200. The standard InChI is InChI=1S/C10H11N3/c1-6-5-7(2)12-10-8(6)3-4-9(11)13-10/h3-5H,1-2H3,(H2,11,12,13). The van der Waals surface area contributed by atoms with Crippen molar-refractivity contribution in [2.45, 2.75) is 13.8 Å². The number of fused-ring (bicyclic) bond motifs is 1. The predicted octanol–water partition coefficient (Wildman–Crippen LogP) is 1.83. The highest BCUT2D eigenvalue weighted by molar-refractivity contribution is 5.79. The highest BCUT2D eigenvalue weighted by Gasteiger charge is 2.01. The molecule has 0 aliphatic heterocycles. The van der Waals surface area contributed by atoms with Crippen LogP contribution < -0.4 is 5.73 Å². The third kappa shape index (κ3) is 1.33. The van der Waals surface area contributed by atoms with Gasteiger partial charge in [0.1, 0.15) is 5.82 Å². The molecule has 0 saturated heterocycles. The highest BCUT2D eigenvalue weighted by Crippen LogP contribution is 2.16. The van der Waals surface area contributed by atoms with Crippen molar-refractivity contribution in [2.75, 3.05) is 5.73 Å². The molecule has 0 amide bonds. The van der Waals surface area contributed by atoms with Crippen molar-refractivity contribution < 1.29 is 0 Å². The van der Waals surface area contributed by atoms with E-state index in [1.807, 2.05) is 19.1 Å². The Hall–Kier alpha value is -1.64. The van der Waals surface area contributed by atoms with Crippen LogP contribution in [0.15, 0.2) is 18.2 Å². The largest absolute Gasteiger partial charge is 0.384 e. The summed E-state index contributed by atoms with van der Waals surface area (Å²) >= 11 is 0. The Morgan fingerprint density at radius 2 is 1.92 bits per heavy atom. The maximum absolute atomic E-state index is 5.57. The lowest BCUT2D eigenvalue weighted by molar-refractivity contribution is 1.19. The summed E-state index contributed by atoms with van der Waals surface area (Å²) < 4.78 is 0. The second-order valence-electron chi connectivity index (χ2n) is 3.19. The number of nitrogens with two attached hydrogens (primary N) is 1. The van der Waals surface area contributed by atoms with Crippen LogP contribution in [0.3, 0.4) is 0 Å². The van der Waals surface area contributed by atoms with Gasteiger partial charge in [-0.3, -0.25) is 0 Å². The number of nitrogen functional groups attached to an aromatic ring is 1. The molecule has 0 saturated carbocycles. The summed E-state index contributed by atoms with van der Waals surface area (Å²) in [7, 11) is 0. The van der Waals surface area contributed by atoms with Crippen LogP contribution in [0.5, 0.6) is 0 Å². The van der Waals surface area contributed by atoms with Gasteiger partial charge < -0.3 is 5.73 Å². The van der Waals surface area contributed by atoms with Gasteiger partial charge in [-0.05, 0) is 37.6 Å². The Morgan fingerprint density at radius 3 is 2.69 bits per heavy atom. The molecule has 0 atom stereocenters. The Bertz CT molecular complexity index is 458. The number of rotatable bonds is 0. The smallest absolute Gasteiger partial charge is 0.161 e. The minimum Gasteiger partial charge on any atom is -0.384 e. The van der Waals surface area contributed by atoms with E-state index in [0.29, 0.717) is 5.82 Å². The fourth-order valence-corrected chi connectivity index (χ4v) is 1.45. The van der Waals surface area contributed by atoms with Gasteiger partial charge in [-0.25, -0.2) is 9.97 Å². The van der Waals surface area contributed by atoms with Gasteiger partial charge in [-0.2, -0.15) is 0 Å². The van der Waals surface area contributed by atoms with Crippen LogP contribution >= 0.6 is 0 Å². The Morgan fingerprint density at radius 1 is 1.15 bits per heavy atom. The van der Waals surface area contributed by atoms with Crippen LogP contribution in [-0.2, 0) is 0 Å². The maximum Gasteiger partial charge on any atom is 0.161 e. The number of anilines is 1. The summed E-state index contributed by atoms with van der Waals surface area (Å²) in [6, 6.07) is 5.80. The molecule has 66 valence electrons. The second kappa shape index (κ2) is 2.69. The Labute approximate surface area is 76.6 Å². The minimum absolute atomic E-state index is 0.519. The lowest BCUT2D eigenvalue weighted by Crippen LogP contribution is -1.94. The van der Waals surface area contributed by atoms with Crippen LogP contribution in [0, 0.1) is 13.8 Å². The number of nitrogens with zero attached hydrogens (tertiary/aromatic N) is 2. The van der Waals surface area contributed by atoms with Crippen molar-refractivity contribution in [2.24, 2.45) is 0 Å². The van der Waals surface area contributed by atoms with E-state index in [-0.39, 0.29) is 0 Å². The zero-order chi connectivity index (χ0) is 9.42. The average Bonchev–Trinajstić information content (AvgIpc) is 2.02. The van der Waals surface area contributed by atoms with Gasteiger partial charge in [0, 0.05) is 11.1 Å². The van der Waals surface area contributed by atoms with Gasteiger partial charge in [-0.1, -0.05) is 0 Å². The number of hydrogen-bond acceptors (Lipinski definition) is 3. The summed E-state index contributed by atoms with van der Waals surface area (Å²) in [5, 5.41) is 1.07. The first-order valence-corrected chi connectivity index (χ1v) is 4.17. The van der Waals surface area contributed by atoms with Crippen LogP contribution in [-0.4, -0.2) is 9.97 Å². The van der Waals surface area contributed by atoms with E-state index in [4.69, 9.17) is 5.73 Å². The van der Waals surface area contributed by atoms with E-state index < -0.39 is 0 Å². The van der Waals surface area contributed by atoms with Gasteiger partial charge in [0.2, 0.25) is 0 Å². The van der Waals surface area contributed by atoms with Crippen molar-refractivity contribution in [1.29, 1.82) is 0 Å². The van der Waals surface area contributed by atoms with Crippen molar-refractivity contribution >= 4 is 16.9 Å². The molecule has 0 aliphatic rings. The Kier molecular flexibility index (Phi) is 1.65. The molecule has 2 aromatic heterocycles. The molecule has 0 radical (unpaired) electrons. The number of pyridine rings is 2. The first-order chi connectivity index (χ1) is 6.16. The van der Waals surface area contributed by atoms with Gasteiger partial charge >= 0.3 is 0 Å². The molecule has 0 aliphatic carbocycles. The van der Waals surface area contributed by atoms with Crippen molar-refractivity contribution in [3.05, 3.63) is 29.5 Å². The van der Waals surface area contributed by atoms with Crippen molar-refractivity contribution in [3.8, 4) is 0 Å². The third-order valence-electron chi connectivity index (χ3n) is 2.03. The summed E-state index contributed by atoms with van der Waals surface area (Å²) in [6.45, 7) is 4.01. The summed E-state index contributed by atoms with van der Waals surface area (Å²) in [4.78, 5) is 8.47. The molecule has 13 heavy (non-hydrogen) atoms. The molecule has 0 bridgehead atoms. The molecule has 0 aromatic carbocycles. The lowest BCUT2D eigenvalue weighted by Gasteiger charge is -2.02. The SMILES string of the molecule is Cc1cc(C)c2ccc(N)nc2n1. The molecule has 0 spiro atoms. The molecule has 2 aromatic rings. The lowest BCUT2D eigenvalue weighted by atomic mass is 10.1. The van der Waals surface area contributed by atoms with Gasteiger partial charge in [-0.15, -0.1) is 0 Å². The molecule has 3 heteroatoms. The van der Waals surface area contributed by atoms with E-state index in [0.717, 1.165) is 16.7 Å². The molecule has 2 rings (SSSR count). The summed E-state index contributed by atoms with van der Waals surface area (Å²) in [5.41, 5.74) is 8.47. The van der Waals surface area contributed by atoms with E-state index in [1.165, 1.54) is 5.56 Å². The van der Waals surface area contributed by atoms with Crippen LogP contribution in [0.2, 0.25) is 0 Å². The molecule has 2 N–H and O–H groups in total. The monoisotopic (exact) mass is 173 g/mol. The highest BCUT2D eigenvalue weighted by atomic mass is 14.9. The molecular formula is C10H11N3. The maximum atomic E-state index is 5.57. The first-order valence-electron chi connectivity index (χ1n) is 4.17. The molecule has 3 nitrogen and oxygen atoms in total. The van der Waals surface area contributed by atoms with Gasteiger partial charge in [0.05, 0.1) is 0 Å². The summed E-state index contributed by atoms with van der Waals surface area (Å²) in [6.07, 6.45) is 0. The van der Waals surface area contributed by atoms with Crippen molar-refractivity contribution in [1.82, 2.24) is 9.97 Å². The molecule has 0 unspecified atom stereocenters. The average molecular weight is 173 g/mol. The predicted molar refractivity (Wildman–Crippen MR) is 53.4 cm³/mol. The second-order valence-corrected chi connectivity index (χ2v) is 3.19. The van der Waals surface area contributed by atoms with Crippen LogP contribution in [0.25, 0.3) is 11.0 Å². The van der Waals surface area contributed by atoms with Crippen LogP contribution in [0.4, 0.5) is 5.82 Å². The fourth-order valence-electron chi connectivity index (χ4n) is 1.45. The van der Waals surface area contributed by atoms with E-state index >= 15 is 0 Å². The molecular weight excluding hydrogens is 162 g/mol. The van der Waals surface area contributed by atoms with E-state index in [9.17, 15) is 0 Å². The summed E-state index contributed by atoms with van der Waals surface area (Å²) in [5.74, 6) is 0.519. The van der Waals surface area contributed by atoms with E-state index in [2.05, 4.69) is 16.9 Å². The number of hydrogen-bond donors (Lipinski definition) is 1. The third-order valence-corrected chi connectivity index (χ3v) is 2.03. The van der Waals surface area contributed by atoms with Gasteiger partial charge in [0.25, 0.3) is 0 Å². The quantitative estimate of drug-likeness (QED) is 0.661. The zero-order valence-electron chi connectivity index (χ0n) is 7.70.